The van der Waals surface area contributed by atoms with E-state index in [2.05, 4.69) is 30.4 Å². The summed E-state index contributed by atoms with van der Waals surface area (Å²) in [6.07, 6.45) is 4.06. The summed E-state index contributed by atoms with van der Waals surface area (Å²) >= 11 is 0. The van der Waals surface area contributed by atoms with Crippen molar-refractivity contribution in [2.45, 2.75) is 39.9 Å². The number of nitrogens with zero attached hydrogens (tertiary/aromatic N) is 2. The number of hydrogen-bond donors (Lipinski definition) is 0. The molecular weight excluding hydrogens is 159 g/mol. The minimum absolute atomic E-state index is 0.745. The second kappa shape index (κ2) is 5.66. The van der Waals surface area contributed by atoms with Gasteiger partial charge in [-0.2, -0.15) is 0 Å². The van der Waals surface area contributed by atoms with E-state index in [1.165, 1.54) is 45.3 Å². The molecule has 1 saturated heterocycles. The lowest BCUT2D eigenvalue weighted by Gasteiger charge is -2.24. The lowest BCUT2D eigenvalue weighted by atomic mass is 9.68. The maximum Gasteiger partial charge on any atom is 0.310 e. The van der Waals surface area contributed by atoms with Crippen molar-refractivity contribution in [1.29, 1.82) is 0 Å². The van der Waals surface area contributed by atoms with Crippen molar-refractivity contribution < 1.29 is 0 Å². The standard InChI is InChI=1S/C10H23BN2/c1-4-7-8-11-12(5-2)9-10-13(11)6-3/h4-10H2,1-3H3. The highest BCUT2D eigenvalue weighted by Gasteiger charge is 2.33. The van der Waals surface area contributed by atoms with Gasteiger partial charge in [0, 0.05) is 13.1 Å². The average Bonchev–Trinajstić information content (AvgIpc) is 2.56. The molecule has 0 aromatic carbocycles. The first kappa shape index (κ1) is 11.1. The van der Waals surface area contributed by atoms with Crippen molar-refractivity contribution in [2.75, 3.05) is 26.2 Å². The topological polar surface area (TPSA) is 6.48 Å². The van der Waals surface area contributed by atoms with E-state index in [4.69, 9.17) is 0 Å². The van der Waals surface area contributed by atoms with Crippen LogP contribution >= 0.6 is 0 Å². The number of likely N-dealkylation sites (N-methyl/N-ethyl adjacent to an activating group) is 2. The first-order chi connectivity index (χ1) is 6.33. The molecule has 3 heteroatoms. The van der Waals surface area contributed by atoms with E-state index in [9.17, 15) is 0 Å². The van der Waals surface area contributed by atoms with E-state index in [-0.39, 0.29) is 0 Å². The summed E-state index contributed by atoms with van der Waals surface area (Å²) in [4.78, 5) is 5.22. The number of rotatable bonds is 5. The van der Waals surface area contributed by atoms with E-state index in [0.29, 0.717) is 0 Å². The smallest absolute Gasteiger partial charge is 0.310 e. The second-order valence-corrected chi connectivity index (χ2v) is 3.88. The molecule has 1 rings (SSSR count). The van der Waals surface area contributed by atoms with Crippen LogP contribution in [-0.4, -0.2) is 42.8 Å². The van der Waals surface area contributed by atoms with Gasteiger partial charge in [0.2, 0.25) is 0 Å². The fourth-order valence-corrected chi connectivity index (χ4v) is 2.28. The summed E-state index contributed by atoms with van der Waals surface area (Å²) in [5, 5.41) is 0. The third-order valence-corrected chi connectivity index (χ3v) is 3.15. The largest absolute Gasteiger partial charge is 0.327 e. The van der Waals surface area contributed by atoms with Crippen LogP contribution in [0, 0.1) is 0 Å². The number of unbranched alkanes of at least 4 members (excludes halogenated alkanes) is 1. The minimum Gasteiger partial charge on any atom is -0.327 e. The molecule has 0 radical (unpaired) electrons. The Kier molecular flexibility index (Phi) is 4.82. The normalized spacial score (nSPS) is 20.1. The van der Waals surface area contributed by atoms with Crippen LogP contribution < -0.4 is 0 Å². The Morgan fingerprint density at radius 2 is 1.54 bits per heavy atom. The SMILES string of the molecule is CCCCB1N(CC)CCN1CC. The summed E-state index contributed by atoms with van der Waals surface area (Å²) in [5.74, 6) is 0. The molecule has 2 nitrogen and oxygen atoms in total. The molecule has 1 aliphatic heterocycles. The molecule has 1 heterocycles. The average molecular weight is 182 g/mol. The highest BCUT2D eigenvalue weighted by Crippen LogP contribution is 2.16. The van der Waals surface area contributed by atoms with Gasteiger partial charge in [0.05, 0.1) is 0 Å². The van der Waals surface area contributed by atoms with E-state index >= 15 is 0 Å². The molecule has 0 amide bonds. The molecule has 0 bridgehead atoms. The second-order valence-electron chi connectivity index (χ2n) is 3.88. The maximum atomic E-state index is 2.61. The molecule has 0 spiro atoms. The van der Waals surface area contributed by atoms with Crippen LogP contribution in [0.5, 0.6) is 0 Å². The summed E-state index contributed by atoms with van der Waals surface area (Å²) in [5.41, 5.74) is 0. The van der Waals surface area contributed by atoms with Gasteiger partial charge >= 0.3 is 6.98 Å². The van der Waals surface area contributed by atoms with E-state index in [0.717, 1.165) is 6.98 Å². The van der Waals surface area contributed by atoms with Crippen LogP contribution in [0.4, 0.5) is 0 Å². The molecule has 1 fully saturated rings. The van der Waals surface area contributed by atoms with Crippen LogP contribution in [0.25, 0.3) is 0 Å². The zero-order valence-corrected chi connectivity index (χ0v) is 9.42. The Morgan fingerprint density at radius 3 is 1.92 bits per heavy atom. The summed E-state index contributed by atoms with van der Waals surface area (Å²) in [7, 11) is 0. The van der Waals surface area contributed by atoms with Gasteiger partial charge in [0.1, 0.15) is 0 Å². The molecular formula is C10H23BN2. The Balaban J connectivity index is 2.41. The zero-order valence-electron chi connectivity index (χ0n) is 9.42. The third kappa shape index (κ3) is 2.71. The van der Waals surface area contributed by atoms with Crippen molar-refractivity contribution >= 4 is 6.98 Å². The Hall–Kier alpha value is -0.0151. The molecule has 0 atom stereocenters. The molecule has 1 aliphatic rings. The molecule has 0 saturated carbocycles. The van der Waals surface area contributed by atoms with Crippen molar-refractivity contribution in [3.63, 3.8) is 0 Å². The predicted molar refractivity (Wildman–Crippen MR) is 60.0 cm³/mol. The zero-order chi connectivity index (χ0) is 9.68. The quantitative estimate of drug-likeness (QED) is 0.599. The van der Waals surface area contributed by atoms with Crippen molar-refractivity contribution in [3.8, 4) is 0 Å². The molecule has 76 valence electrons. The first-order valence-electron chi connectivity index (χ1n) is 5.81. The van der Waals surface area contributed by atoms with Gasteiger partial charge in [-0.3, -0.25) is 0 Å². The lowest BCUT2D eigenvalue weighted by Crippen LogP contribution is -2.43. The van der Waals surface area contributed by atoms with Crippen LogP contribution in [0.2, 0.25) is 6.32 Å². The fourth-order valence-electron chi connectivity index (χ4n) is 2.28. The molecule has 0 aromatic rings. The maximum absolute atomic E-state index is 2.61. The van der Waals surface area contributed by atoms with Crippen molar-refractivity contribution in [2.24, 2.45) is 0 Å². The highest BCUT2D eigenvalue weighted by atomic mass is 15.3. The van der Waals surface area contributed by atoms with Gasteiger partial charge in [-0.25, -0.2) is 0 Å². The van der Waals surface area contributed by atoms with Crippen LogP contribution in [0.3, 0.4) is 0 Å². The molecule has 0 unspecified atom stereocenters. The molecule has 0 aliphatic carbocycles. The van der Waals surface area contributed by atoms with Gasteiger partial charge < -0.3 is 9.62 Å². The summed E-state index contributed by atoms with van der Waals surface area (Å²) in [6, 6.07) is 0. The number of hydrogen-bond acceptors (Lipinski definition) is 2. The minimum atomic E-state index is 0.745. The lowest BCUT2D eigenvalue weighted by molar-refractivity contribution is 0.486. The highest BCUT2D eigenvalue weighted by molar-refractivity contribution is 6.53. The van der Waals surface area contributed by atoms with Gasteiger partial charge in [0.25, 0.3) is 0 Å². The van der Waals surface area contributed by atoms with Crippen LogP contribution in [0.15, 0.2) is 0 Å². The molecule has 13 heavy (non-hydrogen) atoms. The van der Waals surface area contributed by atoms with Crippen LogP contribution in [0.1, 0.15) is 33.6 Å². The Labute approximate surface area is 83.4 Å². The van der Waals surface area contributed by atoms with E-state index < -0.39 is 0 Å². The van der Waals surface area contributed by atoms with Gasteiger partial charge in [-0.05, 0) is 19.4 Å². The Bertz CT molecular complexity index is 129. The van der Waals surface area contributed by atoms with Gasteiger partial charge in [0.15, 0.2) is 0 Å². The monoisotopic (exact) mass is 182 g/mol. The summed E-state index contributed by atoms with van der Waals surface area (Å²) in [6.45, 7) is 12.6. The van der Waals surface area contributed by atoms with Crippen molar-refractivity contribution in [3.05, 3.63) is 0 Å². The molecule has 0 N–H and O–H groups in total. The fraction of sp³-hybridized carbons (Fsp3) is 1.00. The summed E-state index contributed by atoms with van der Waals surface area (Å²) < 4.78 is 0. The predicted octanol–water partition coefficient (Wildman–Crippen LogP) is 1.93. The Morgan fingerprint density at radius 1 is 1.00 bits per heavy atom. The van der Waals surface area contributed by atoms with Gasteiger partial charge in [-0.15, -0.1) is 0 Å². The van der Waals surface area contributed by atoms with E-state index in [1.54, 1.807) is 0 Å². The van der Waals surface area contributed by atoms with Gasteiger partial charge in [-0.1, -0.05) is 33.6 Å². The van der Waals surface area contributed by atoms with Crippen molar-refractivity contribution in [1.82, 2.24) is 9.62 Å². The van der Waals surface area contributed by atoms with E-state index in [1.807, 2.05) is 0 Å². The third-order valence-electron chi connectivity index (χ3n) is 3.15. The first-order valence-corrected chi connectivity index (χ1v) is 5.81. The van der Waals surface area contributed by atoms with Crippen LogP contribution in [-0.2, 0) is 0 Å². The molecule has 0 aromatic heterocycles.